The van der Waals surface area contributed by atoms with Crippen LogP contribution in [0.5, 0.6) is 0 Å². The van der Waals surface area contributed by atoms with Gasteiger partial charge in [-0.3, -0.25) is 4.79 Å². The van der Waals surface area contributed by atoms with E-state index in [2.05, 4.69) is 21.3 Å². The van der Waals surface area contributed by atoms with E-state index >= 15 is 0 Å². The van der Waals surface area contributed by atoms with E-state index in [1.165, 1.54) is 14.0 Å². The normalized spacial score (nSPS) is 13.3. The molecule has 2 N–H and O–H groups in total. The summed E-state index contributed by atoms with van der Waals surface area (Å²) < 4.78 is 9.56. The molecule has 118 valence electrons. The molecule has 0 saturated heterocycles. The van der Waals surface area contributed by atoms with E-state index in [-0.39, 0.29) is 6.42 Å². The molecule has 0 saturated carbocycles. The van der Waals surface area contributed by atoms with Gasteiger partial charge in [-0.25, -0.2) is 9.59 Å². The van der Waals surface area contributed by atoms with Gasteiger partial charge in [-0.15, -0.1) is 12.3 Å². The molecule has 0 radical (unpaired) electrons. The first-order chi connectivity index (χ1) is 9.60. The maximum atomic E-state index is 11.9. The van der Waals surface area contributed by atoms with Crippen molar-refractivity contribution in [3.63, 3.8) is 0 Å². The SMILES string of the molecule is C#CC[C@H](NC(=O)[C@H](C)NC(=O)OC(C)(C)C)C(=O)OC. The van der Waals surface area contributed by atoms with Crippen LogP contribution in [-0.2, 0) is 19.1 Å². The maximum absolute atomic E-state index is 11.9. The topological polar surface area (TPSA) is 93.7 Å². The zero-order valence-corrected chi connectivity index (χ0v) is 13.0. The van der Waals surface area contributed by atoms with E-state index in [4.69, 9.17) is 11.2 Å². The minimum Gasteiger partial charge on any atom is -0.467 e. The number of esters is 1. The molecule has 0 heterocycles. The molecule has 0 aromatic heterocycles. The van der Waals surface area contributed by atoms with Crippen molar-refractivity contribution in [2.75, 3.05) is 7.11 Å². The third-order valence-corrected chi connectivity index (χ3v) is 2.25. The number of rotatable bonds is 5. The Morgan fingerprint density at radius 3 is 2.24 bits per heavy atom. The van der Waals surface area contributed by atoms with Gasteiger partial charge in [0.2, 0.25) is 5.91 Å². The molecule has 2 atom stereocenters. The lowest BCUT2D eigenvalue weighted by Gasteiger charge is -2.22. The number of carbonyl (C=O) groups excluding carboxylic acids is 3. The molecule has 7 heteroatoms. The lowest BCUT2D eigenvalue weighted by Crippen LogP contribution is -2.51. The fourth-order valence-corrected chi connectivity index (χ4v) is 1.30. The monoisotopic (exact) mass is 298 g/mol. The Morgan fingerprint density at radius 1 is 1.24 bits per heavy atom. The first-order valence-corrected chi connectivity index (χ1v) is 6.42. The number of amides is 2. The van der Waals surface area contributed by atoms with Crippen molar-refractivity contribution < 1.29 is 23.9 Å². The second kappa shape index (κ2) is 8.15. The van der Waals surface area contributed by atoms with E-state index < -0.39 is 35.7 Å². The van der Waals surface area contributed by atoms with Crippen LogP contribution < -0.4 is 10.6 Å². The molecular weight excluding hydrogens is 276 g/mol. The van der Waals surface area contributed by atoms with Gasteiger partial charge in [0.15, 0.2) is 0 Å². The number of terminal acetylenes is 1. The van der Waals surface area contributed by atoms with Crippen LogP contribution >= 0.6 is 0 Å². The maximum Gasteiger partial charge on any atom is 0.408 e. The summed E-state index contributed by atoms with van der Waals surface area (Å²) in [6, 6.07) is -1.83. The number of hydrogen-bond donors (Lipinski definition) is 2. The van der Waals surface area contributed by atoms with Crippen molar-refractivity contribution in [3.8, 4) is 12.3 Å². The number of ether oxygens (including phenoxy) is 2. The smallest absolute Gasteiger partial charge is 0.408 e. The number of carbonyl (C=O) groups is 3. The van der Waals surface area contributed by atoms with Crippen molar-refractivity contribution in [1.82, 2.24) is 10.6 Å². The van der Waals surface area contributed by atoms with Crippen LogP contribution in [0.2, 0.25) is 0 Å². The third kappa shape index (κ3) is 7.82. The van der Waals surface area contributed by atoms with Gasteiger partial charge in [-0.05, 0) is 27.7 Å². The van der Waals surface area contributed by atoms with Crippen LogP contribution in [0.4, 0.5) is 4.79 Å². The molecule has 0 aliphatic rings. The zero-order valence-electron chi connectivity index (χ0n) is 13.0. The second-order valence-corrected chi connectivity index (χ2v) is 5.36. The van der Waals surface area contributed by atoms with Crippen molar-refractivity contribution in [2.24, 2.45) is 0 Å². The molecule has 0 aromatic rings. The fraction of sp³-hybridized carbons (Fsp3) is 0.643. The largest absolute Gasteiger partial charge is 0.467 e. The second-order valence-electron chi connectivity index (χ2n) is 5.36. The lowest BCUT2D eigenvalue weighted by atomic mass is 10.2. The van der Waals surface area contributed by atoms with Gasteiger partial charge in [0.05, 0.1) is 7.11 Å². The minimum atomic E-state index is -0.949. The highest BCUT2D eigenvalue weighted by atomic mass is 16.6. The van der Waals surface area contributed by atoms with E-state index in [1.54, 1.807) is 20.8 Å². The Kier molecular flexibility index (Phi) is 7.28. The highest BCUT2D eigenvalue weighted by molar-refractivity contribution is 5.89. The van der Waals surface area contributed by atoms with Crippen LogP contribution in [0.1, 0.15) is 34.1 Å². The first-order valence-electron chi connectivity index (χ1n) is 6.42. The molecule has 0 bridgehead atoms. The zero-order chi connectivity index (χ0) is 16.6. The third-order valence-electron chi connectivity index (χ3n) is 2.25. The summed E-state index contributed by atoms with van der Waals surface area (Å²) in [4.78, 5) is 34.9. The summed E-state index contributed by atoms with van der Waals surface area (Å²) in [5.74, 6) is 1.06. The number of alkyl carbamates (subject to hydrolysis) is 1. The predicted octanol–water partition coefficient (Wildman–Crippen LogP) is 0.581. The molecule has 21 heavy (non-hydrogen) atoms. The van der Waals surface area contributed by atoms with E-state index in [1.807, 2.05) is 0 Å². The van der Waals surface area contributed by atoms with Crippen molar-refractivity contribution >= 4 is 18.0 Å². The standard InChI is InChI=1S/C14H22N2O5/c1-7-8-10(12(18)20-6)16-11(17)9(2)15-13(19)21-14(3,4)5/h1,9-10H,8H2,2-6H3,(H,15,19)(H,16,17)/t9-,10-/m0/s1. The average Bonchev–Trinajstić information content (AvgIpc) is 2.34. The Morgan fingerprint density at radius 2 is 1.81 bits per heavy atom. The molecule has 0 rings (SSSR count). The van der Waals surface area contributed by atoms with Gasteiger partial charge >= 0.3 is 12.1 Å². The van der Waals surface area contributed by atoms with Crippen LogP contribution in [0.25, 0.3) is 0 Å². The van der Waals surface area contributed by atoms with Gasteiger partial charge in [0, 0.05) is 6.42 Å². The Bertz CT molecular complexity index is 434. The molecular formula is C14H22N2O5. The van der Waals surface area contributed by atoms with Crippen LogP contribution in [0.15, 0.2) is 0 Å². The number of methoxy groups -OCH3 is 1. The molecule has 0 aliphatic heterocycles. The summed E-state index contributed by atoms with van der Waals surface area (Å²) in [7, 11) is 1.19. The van der Waals surface area contributed by atoms with Gasteiger partial charge in [-0.1, -0.05) is 0 Å². The van der Waals surface area contributed by atoms with E-state index in [0.29, 0.717) is 0 Å². The van der Waals surface area contributed by atoms with Gasteiger partial charge in [0.25, 0.3) is 0 Å². The van der Waals surface area contributed by atoms with Gasteiger partial charge < -0.3 is 20.1 Å². The summed E-state index contributed by atoms with van der Waals surface area (Å²) in [5, 5.41) is 4.77. The highest BCUT2D eigenvalue weighted by Crippen LogP contribution is 2.06. The quantitative estimate of drug-likeness (QED) is 0.572. The van der Waals surface area contributed by atoms with Crippen molar-refractivity contribution in [3.05, 3.63) is 0 Å². The molecule has 0 spiro atoms. The van der Waals surface area contributed by atoms with Crippen LogP contribution in [-0.4, -0.2) is 42.8 Å². The molecule has 0 aliphatic carbocycles. The Balaban J connectivity index is 4.53. The average molecular weight is 298 g/mol. The summed E-state index contributed by atoms with van der Waals surface area (Å²) in [6.07, 6.45) is 4.40. The number of nitrogens with one attached hydrogen (secondary N) is 2. The Hall–Kier alpha value is -2.23. The fourth-order valence-electron chi connectivity index (χ4n) is 1.30. The van der Waals surface area contributed by atoms with Crippen molar-refractivity contribution in [1.29, 1.82) is 0 Å². The van der Waals surface area contributed by atoms with Crippen LogP contribution in [0.3, 0.4) is 0 Å². The molecule has 2 amide bonds. The van der Waals surface area contributed by atoms with Gasteiger partial charge in [0.1, 0.15) is 17.7 Å². The minimum absolute atomic E-state index is 0.00241. The van der Waals surface area contributed by atoms with E-state index in [0.717, 1.165) is 0 Å². The van der Waals surface area contributed by atoms with E-state index in [9.17, 15) is 14.4 Å². The predicted molar refractivity (Wildman–Crippen MR) is 76.2 cm³/mol. The summed E-state index contributed by atoms with van der Waals surface area (Å²) >= 11 is 0. The molecule has 0 aromatic carbocycles. The Labute approximate surface area is 124 Å². The lowest BCUT2D eigenvalue weighted by molar-refractivity contribution is -0.145. The van der Waals surface area contributed by atoms with Crippen LogP contribution in [0, 0.1) is 12.3 Å². The summed E-state index contributed by atoms with van der Waals surface area (Å²) in [5.41, 5.74) is -0.668. The number of hydrogen-bond acceptors (Lipinski definition) is 5. The van der Waals surface area contributed by atoms with Crippen molar-refractivity contribution in [2.45, 2.75) is 51.8 Å². The molecule has 7 nitrogen and oxygen atoms in total. The summed E-state index contributed by atoms with van der Waals surface area (Å²) in [6.45, 7) is 6.58. The first kappa shape index (κ1) is 18.8. The molecule has 0 fully saturated rings. The van der Waals surface area contributed by atoms with Gasteiger partial charge in [-0.2, -0.15) is 0 Å². The molecule has 0 unspecified atom stereocenters. The highest BCUT2D eigenvalue weighted by Gasteiger charge is 2.25.